The lowest BCUT2D eigenvalue weighted by Crippen LogP contribution is -2.61. The third-order valence-corrected chi connectivity index (χ3v) is 6.13. The third-order valence-electron chi connectivity index (χ3n) is 6.13. The zero-order chi connectivity index (χ0) is 23.5. The summed E-state index contributed by atoms with van der Waals surface area (Å²) in [6, 6.07) is 7.26. The van der Waals surface area contributed by atoms with E-state index in [9.17, 15) is 14.4 Å². The summed E-state index contributed by atoms with van der Waals surface area (Å²) in [6.07, 6.45) is 3.22. The molecule has 2 N–H and O–H groups in total. The number of benzene rings is 1. The summed E-state index contributed by atoms with van der Waals surface area (Å²) >= 11 is 0. The van der Waals surface area contributed by atoms with Gasteiger partial charge in [0.15, 0.2) is 0 Å². The summed E-state index contributed by atoms with van der Waals surface area (Å²) in [5.41, 5.74) is -0.791. The number of carbonyl (C=O) groups is 2. The maximum Gasteiger partial charge on any atom is 0.407 e. The molecule has 2 aromatic rings. The van der Waals surface area contributed by atoms with E-state index in [2.05, 4.69) is 22.7 Å². The van der Waals surface area contributed by atoms with Crippen LogP contribution in [0.5, 0.6) is 0 Å². The first kappa shape index (κ1) is 23.8. The number of alkyl carbamates (subject to hydrolysis) is 1. The van der Waals surface area contributed by atoms with Gasteiger partial charge in [0.25, 0.3) is 5.56 Å². The van der Waals surface area contributed by atoms with Gasteiger partial charge in [-0.1, -0.05) is 38.0 Å². The molecule has 0 saturated heterocycles. The molecule has 3 rings (SSSR count). The molecular formula is C24H34N4O4. The lowest BCUT2D eigenvalue weighted by Gasteiger charge is -2.43. The Bertz CT molecular complexity index is 1060. The summed E-state index contributed by atoms with van der Waals surface area (Å²) in [5.74, 6) is -0.132. The van der Waals surface area contributed by atoms with E-state index in [0.717, 1.165) is 31.1 Å². The molecule has 0 spiro atoms. The van der Waals surface area contributed by atoms with E-state index in [-0.39, 0.29) is 30.5 Å². The largest absolute Gasteiger partial charge is 0.444 e. The summed E-state index contributed by atoms with van der Waals surface area (Å²) in [4.78, 5) is 38.1. The highest BCUT2D eigenvalue weighted by atomic mass is 16.6. The van der Waals surface area contributed by atoms with E-state index in [1.54, 1.807) is 12.1 Å². The highest BCUT2D eigenvalue weighted by Gasteiger charge is 2.40. The molecule has 174 valence electrons. The first-order chi connectivity index (χ1) is 15.0. The second-order valence-corrected chi connectivity index (χ2v) is 9.80. The van der Waals surface area contributed by atoms with Gasteiger partial charge >= 0.3 is 6.09 Å². The molecule has 1 aliphatic rings. The summed E-state index contributed by atoms with van der Waals surface area (Å²) < 4.78 is 6.58. The van der Waals surface area contributed by atoms with Crippen LogP contribution in [0.3, 0.4) is 0 Å². The van der Waals surface area contributed by atoms with Gasteiger partial charge in [-0.05, 0) is 52.5 Å². The molecule has 0 aliphatic heterocycles. The molecule has 0 bridgehead atoms. The normalized spacial score (nSPS) is 21.2. The number of amides is 2. The Morgan fingerprint density at radius 1 is 1.22 bits per heavy atom. The standard InChI is InChI=1S/C24H34N4O4/c1-16-10-8-9-13-24(16,15-25-22(31)32-23(3,4)5)26-20(29)14-28-21(30)19-12-7-6-11-18(19)17(2)27-28/h6-7,11-12,16H,8-10,13-15H2,1-5H3,(H,25,31)(H,26,29)/t16-,24+/m1/s1. The summed E-state index contributed by atoms with van der Waals surface area (Å²) in [7, 11) is 0. The van der Waals surface area contributed by atoms with E-state index in [4.69, 9.17) is 4.74 Å². The number of nitrogens with one attached hydrogen (secondary N) is 2. The Morgan fingerprint density at radius 3 is 2.56 bits per heavy atom. The molecule has 32 heavy (non-hydrogen) atoms. The molecule has 1 heterocycles. The molecule has 0 unspecified atom stereocenters. The number of aryl methyl sites for hydroxylation is 1. The first-order valence-electron chi connectivity index (χ1n) is 11.2. The quantitative estimate of drug-likeness (QED) is 0.740. The molecule has 2 atom stereocenters. The number of rotatable bonds is 5. The van der Waals surface area contributed by atoms with Gasteiger partial charge in [-0.25, -0.2) is 9.48 Å². The predicted octanol–water partition coefficient (Wildman–Crippen LogP) is 3.29. The summed E-state index contributed by atoms with van der Waals surface area (Å²) in [6.45, 7) is 9.43. The van der Waals surface area contributed by atoms with Crippen molar-refractivity contribution >= 4 is 22.8 Å². The zero-order valence-corrected chi connectivity index (χ0v) is 19.7. The second kappa shape index (κ2) is 9.30. The van der Waals surface area contributed by atoms with Crippen LogP contribution >= 0.6 is 0 Å². The Labute approximate surface area is 188 Å². The number of ether oxygens (including phenoxy) is 1. The smallest absolute Gasteiger partial charge is 0.407 e. The maximum absolute atomic E-state index is 13.0. The molecule has 8 nitrogen and oxygen atoms in total. The number of nitrogens with zero attached hydrogens (tertiary/aromatic N) is 2. The number of hydrogen-bond donors (Lipinski definition) is 2. The van der Waals surface area contributed by atoms with Gasteiger partial charge in [-0.3, -0.25) is 9.59 Å². The fourth-order valence-corrected chi connectivity index (χ4v) is 4.42. The van der Waals surface area contributed by atoms with Crippen LogP contribution in [0.2, 0.25) is 0 Å². The average molecular weight is 443 g/mol. The van der Waals surface area contributed by atoms with Gasteiger partial charge < -0.3 is 15.4 Å². The predicted molar refractivity (Wildman–Crippen MR) is 123 cm³/mol. The topological polar surface area (TPSA) is 102 Å². The van der Waals surface area contributed by atoms with Crippen molar-refractivity contribution in [2.45, 2.75) is 78.0 Å². The number of carbonyl (C=O) groups excluding carboxylic acids is 2. The molecule has 1 aromatic carbocycles. The van der Waals surface area contributed by atoms with Crippen molar-refractivity contribution in [1.29, 1.82) is 0 Å². The molecule has 1 fully saturated rings. The van der Waals surface area contributed by atoms with E-state index >= 15 is 0 Å². The van der Waals surface area contributed by atoms with Crippen LogP contribution in [-0.4, -0.2) is 39.5 Å². The highest BCUT2D eigenvalue weighted by molar-refractivity contribution is 5.84. The first-order valence-corrected chi connectivity index (χ1v) is 11.2. The van der Waals surface area contributed by atoms with Crippen LogP contribution in [0, 0.1) is 12.8 Å². The van der Waals surface area contributed by atoms with Crippen molar-refractivity contribution in [3.63, 3.8) is 0 Å². The minimum absolute atomic E-state index is 0.165. The van der Waals surface area contributed by atoms with Crippen LogP contribution in [0.15, 0.2) is 29.1 Å². The average Bonchev–Trinajstić information content (AvgIpc) is 2.71. The van der Waals surface area contributed by atoms with E-state index in [1.807, 2.05) is 39.8 Å². The number of aromatic nitrogens is 2. The minimum atomic E-state index is -0.598. The van der Waals surface area contributed by atoms with Crippen molar-refractivity contribution in [2.24, 2.45) is 5.92 Å². The van der Waals surface area contributed by atoms with Crippen molar-refractivity contribution in [1.82, 2.24) is 20.4 Å². The Balaban J connectivity index is 1.77. The highest BCUT2D eigenvalue weighted by Crippen LogP contribution is 2.33. The fourth-order valence-electron chi connectivity index (χ4n) is 4.42. The van der Waals surface area contributed by atoms with Crippen LogP contribution in [-0.2, 0) is 16.1 Å². The van der Waals surface area contributed by atoms with E-state index in [1.165, 1.54) is 4.68 Å². The fraction of sp³-hybridized carbons (Fsp3) is 0.583. The van der Waals surface area contributed by atoms with E-state index < -0.39 is 17.2 Å². The van der Waals surface area contributed by atoms with Crippen molar-refractivity contribution < 1.29 is 14.3 Å². The number of fused-ring (bicyclic) bond motifs is 1. The third kappa shape index (κ3) is 5.47. The van der Waals surface area contributed by atoms with Gasteiger partial charge in [-0.2, -0.15) is 5.10 Å². The molecule has 2 amide bonds. The van der Waals surface area contributed by atoms with E-state index in [0.29, 0.717) is 11.1 Å². The summed E-state index contributed by atoms with van der Waals surface area (Å²) in [5, 5.41) is 11.6. The number of hydrogen-bond acceptors (Lipinski definition) is 5. The second-order valence-electron chi connectivity index (χ2n) is 9.80. The van der Waals surface area contributed by atoms with Crippen molar-refractivity contribution in [2.75, 3.05) is 6.54 Å². The molecule has 1 saturated carbocycles. The van der Waals surface area contributed by atoms with Crippen LogP contribution < -0.4 is 16.2 Å². The maximum atomic E-state index is 13.0. The Hall–Kier alpha value is -2.90. The van der Waals surface area contributed by atoms with Crippen LogP contribution in [0.25, 0.3) is 10.8 Å². The SMILES string of the molecule is Cc1nn(CC(=O)N[C@]2(CNC(=O)OC(C)(C)C)CCCC[C@H]2C)c(=O)c2ccccc12. The van der Waals surface area contributed by atoms with Crippen LogP contribution in [0.4, 0.5) is 4.79 Å². The molecule has 1 aliphatic carbocycles. The van der Waals surface area contributed by atoms with Gasteiger partial charge in [0.1, 0.15) is 12.1 Å². The lowest BCUT2D eigenvalue weighted by atomic mass is 9.73. The minimum Gasteiger partial charge on any atom is -0.444 e. The van der Waals surface area contributed by atoms with Gasteiger partial charge in [-0.15, -0.1) is 0 Å². The van der Waals surface area contributed by atoms with Crippen molar-refractivity contribution in [3.8, 4) is 0 Å². The van der Waals surface area contributed by atoms with Gasteiger partial charge in [0, 0.05) is 11.9 Å². The van der Waals surface area contributed by atoms with Crippen molar-refractivity contribution in [3.05, 3.63) is 40.3 Å². The zero-order valence-electron chi connectivity index (χ0n) is 19.7. The molecule has 0 radical (unpaired) electrons. The van der Waals surface area contributed by atoms with Crippen LogP contribution in [0.1, 0.15) is 59.1 Å². The Morgan fingerprint density at radius 2 is 1.91 bits per heavy atom. The molecular weight excluding hydrogens is 408 g/mol. The van der Waals surface area contributed by atoms with Gasteiger partial charge in [0.05, 0.1) is 16.6 Å². The molecule has 8 heteroatoms. The Kier molecular flexibility index (Phi) is 6.91. The monoisotopic (exact) mass is 442 g/mol. The lowest BCUT2D eigenvalue weighted by molar-refractivity contribution is -0.125. The molecule has 1 aromatic heterocycles. The van der Waals surface area contributed by atoms with Gasteiger partial charge in [0.2, 0.25) is 5.91 Å².